The zero-order valence-electron chi connectivity index (χ0n) is 9.65. The number of hydrogen-bond donors (Lipinski definition) is 1. The molecule has 0 aromatic heterocycles. The van der Waals surface area contributed by atoms with Gasteiger partial charge in [-0.15, -0.1) is 0 Å². The highest BCUT2D eigenvalue weighted by molar-refractivity contribution is 5.13. The van der Waals surface area contributed by atoms with Crippen LogP contribution in [0.4, 0.5) is 0 Å². The van der Waals surface area contributed by atoms with E-state index < -0.39 is 5.54 Å². The lowest BCUT2D eigenvalue weighted by atomic mass is 9.98. The number of ether oxygens (including phenoxy) is 2. The van der Waals surface area contributed by atoms with E-state index in [9.17, 15) is 0 Å². The highest BCUT2D eigenvalue weighted by Gasteiger charge is 2.43. The normalized spacial score (nSPS) is 29.4. The Kier molecular flexibility index (Phi) is 3.80. The van der Waals surface area contributed by atoms with Gasteiger partial charge in [0.1, 0.15) is 5.54 Å². The van der Waals surface area contributed by atoms with Crippen molar-refractivity contribution in [3.8, 4) is 6.07 Å². The number of nitrogens with two attached hydrogens (primary N) is 1. The van der Waals surface area contributed by atoms with Crippen LogP contribution in [0.15, 0.2) is 0 Å². The molecule has 4 heteroatoms. The Hall–Kier alpha value is -0.630. The molecule has 0 bridgehead atoms. The van der Waals surface area contributed by atoms with Gasteiger partial charge in [-0.2, -0.15) is 5.26 Å². The van der Waals surface area contributed by atoms with Crippen LogP contribution < -0.4 is 5.73 Å². The van der Waals surface area contributed by atoms with Gasteiger partial charge in [0.05, 0.1) is 25.4 Å². The second kappa shape index (κ2) is 5.13. The summed E-state index contributed by atoms with van der Waals surface area (Å²) in [5.74, 6) is 0.338. The first-order chi connectivity index (χ1) is 7.74. The van der Waals surface area contributed by atoms with Gasteiger partial charge in [0.25, 0.3) is 0 Å². The average Bonchev–Trinajstić information content (AvgIpc) is 3.14. The summed E-state index contributed by atoms with van der Waals surface area (Å²) < 4.78 is 11.1. The third-order valence-corrected chi connectivity index (χ3v) is 3.43. The van der Waals surface area contributed by atoms with Gasteiger partial charge in [0, 0.05) is 6.61 Å². The molecular formula is C12H20N2O2. The molecule has 90 valence electrons. The SMILES string of the molecule is N#CC(N)(COCC1CCCCO1)C1CC1. The molecule has 0 aromatic carbocycles. The van der Waals surface area contributed by atoms with E-state index in [1.807, 2.05) is 0 Å². The summed E-state index contributed by atoms with van der Waals surface area (Å²) in [5, 5.41) is 9.05. The van der Waals surface area contributed by atoms with Crippen LogP contribution in [0.2, 0.25) is 0 Å². The van der Waals surface area contributed by atoms with Crippen molar-refractivity contribution in [3.05, 3.63) is 0 Å². The van der Waals surface area contributed by atoms with Gasteiger partial charge in [-0.1, -0.05) is 0 Å². The molecule has 4 nitrogen and oxygen atoms in total. The van der Waals surface area contributed by atoms with Gasteiger partial charge < -0.3 is 15.2 Å². The number of nitrogens with zero attached hydrogens (tertiary/aromatic N) is 1. The first-order valence-electron chi connectivity index (χ1n) is 6.14. The Labute approximate surface area is 96.7 Å². The molecule has 2 rings (SSSR count). The zero-order chi connectivity index (χ0) is 11.4. The van der Waals surface area contributed by atoms with Gasteiger partial charge in [-0.05, 0) is 38.0 Å². The molecule has 16 heavy (non-hydrogen) atoms. The smallest absolute Gasteiger partial charge is 0.130 e. The average molecular weight is 224 g/mol. The van der Waals surface area contributed by atoms with E-state index in [1.54, 1.807) is 0 Å². The van der Waals surface area contributed by atoms with Crippen LogP contribution in [0.5, 0.6) is 0 Å². The van der Waals surface area contributed by atoms with E-state index in [-0.39, 0.29) is 6.10 Å². The zero-order valence-corrected chi connectivity index (χ0v) is 9.65. The summed E-state index contributed by atoms with van der Waals surface area (Å²) in [6.45, 7) is 1.75. The monoisotopic (exact) mass is 224 g/mol. The van der Waals surface area contributed by atoms with E-state index in [4.69, 9.17) is 20.5 Å². The minimum absolute atomic E-state index is 0.205. The van der Waals surface area contributed by atoms with Gasteiger partial charge >= 0.3 is 0 Å². The first kappa shape index (κ1) is 11.8. The summed E-state index contributed by atoms with van der Waals surface area (Å²) in [7, 11) is 0. The minimum Gasteiger partial charge on any atom is -0.376 e. The van der Waals surface area contributed by atoms with Crippen molar-refractivity contribution in [1.29, 1.82) is 5.26 Å². The Morgan fingerprint density at radius 1 is 1.38 bits per heavy atom. The third-order valence-electron chi connectivity index (χ3n) is 3.43. The number of nitriles is 1. The molecule has 0 radical (unpaired) electrons. The molecule has 1 heterocycles. The summed E-state index contributed by atoms with van der Waals surface area (Å²) in [5.41, 5.74) is 5.22. The van der Waals surface area contributed by atoms with E-state index in [2.05, 4.69) is 6.07 Å². The van der Waals surface area contributed by atoms with E-state index in [0.29, 0.717) is 19.1 Å². The predicted molar refractivity (Wildman–Crippen MR) is 59.7 cm³/mol. The minimum atomic E-state index is -0.769. The topological polar surface area (TPSA) is 68.3 Å². The van der Waals surface area contributed by atoms with Gasteiger partial charge in [-0.25, -0.2) is 0 Å². The fourth-order valence-corrected chi connectivity index (χ4v) is 2.14. The van der Waals surface area contributed by atoms with Crippen molar-refractivity contribution in [2.24, 2.45) is 11.7 Å². The maximum Gasteiger partial charge on any atom is 0.130 e. The molecule has 0 spiro atoms. The fraction of sp³-hybridized carbons (Fsp3) is 0.917. The van der Waals surface area contributed by atoms with Gasteiger partial charge in [0.2, 0.25) is 0 Å². The second-order valence-electron chi connectivity index (χ2n) is 4.93. The van der Waals surface area contributed by atoms with Gasteiger partial charge in [0.15, 0.2) is 0 Å². The maximum atomic E-state index is 9.05. The van der Waals surface area contributed by atoms with E-state index in [0.717, 1.165) is 32.3 Å². The van der Waals surface area contributed by atoms with Crippen LogP contribution in [0.1, 0.15) is 32.1 Å². The maximum absolute atomic E-state index is 9.05. The quantitative estimate of drug-likeness (QED) is 0.762. The van der Waals surface area contributed by atoms with Crippen LogP contribution in [-0.4, -0.2) is 31.5 Å². The molecule has 1 aliphatic heterocycles. The molecule has 2 fully saturated rings. The molecule has 0 amide bonds. The standard InChI is InChI=1S/C12H20N2O2/c13-8-12(14,10-4-5-10)9-15-7-11-3-1-2-6-16-11/h10-11H,1-7,9,14H2. The van der Waals surface area contributed by atoms with E-state index in [1.165, 1.54) is 6.42 Å². The number of rotatable bonds is 5. The highest BCUT2D eigenvalue weighted by atomic mass is 16.5. The summed E-state index contributed by atoms with van der Waals surface area (Å²) in [6, 6.07) is 2.19. The third kappa shape index (κ3) is 2.94. The summed E-state index contributed by atoms with van der Waals surface area (Å²) >= 11 is 0. The van der Waals surface area contributed by atoms with E-state index >= 15 is 0 Å². The summed E-state index contributed by atoms with van der Waals surface area (Å²) in [6.07, 6.45) is 5.75. The largest absolute Gasteiger partial charge is 0.376 e. The molecule has 2 atom stereocenters. The molecule has 2 aliphatic rings. The molecule has 1 aliphatic carbocycles. The molecule has 1 saturated heterocycles. The lowest BCUT2D eigenvalue weighted by Crippen LogP contribution is -2.46. The second-order valence-corrected chi connectivity index (χ2v) is 4.93. The van der Waals surface area contributed by atoms with Crippen molar-refractivity contribution in [2.75, 3.05) is 19.8 Å². The fourth-order valence-electron chi connectivity index (χ4n) is 2.14. The first-order valence-corrected chi connectivity index (χ1v) is 6.14. The van der Waals surface area contributed by atoms with Crippen molar-refractivity contribution >= 4 is 0 Å². The molecule has 2 unspecified atom stereocenters. The Bertz CT molecular complexity index is 267. The molecule has 1 saturated carbocycles. The molecular weight excluding hydrogens is 204 g/mol. The van der Waals surface area contributed by atoms with Crippen LogP contribution in [0.25, 0.3) is 0 Å². The Morgan fingerprint density at radius 3 is 2.75 bits per heavy atom. The predicted octanol–water partition coefficient (Wildman–Crippen LogP) is 1.20. The van der Waals surface area contributed by atoms with Crippen molar-refractivity contribution in [3.63, 3.8) is 0 Å². The van der Waals surface area contributed by atoms with Crippen molar-refractivity contribution in [2.45, 2.75) is 43.7 Å². The van der Waals surface area contributed by atoms with Crippen LogP contribution in [0, 0.1) is 17.2 Å². The van der Waals surface area contributed by atoms with Crippen molar-refractivity contribution in [1.82, 2.24) is 0 Å². The Morgan fingerprint density at radius 2 is 2.19 bits per heavy atom. The molecule has 0 aromatic rings. The van der Waals surface area contributed by atoms with Crippen LogP contribution >= 0.6 is 0 Å². The van der Waals surface area contributed by atoms with Crippen molar-refractivity contribution < 1.29 is 9.47 Å². The van der Waals surface area contributed by atoms with Crippen LogP contribution in [-0.2, 0) is 9.47 Å². The van der Waals surface area contributed by atoms with Crippen LogP contribution in [0.3, 0.4) is 0 Å². The highest BCUT2D eigenvalue weighted by Crippen LogP contribution is 2.38. The summed E-state index contributed by atoms with van der Waals surface area (Å²) in [4.78, 5) is 0. The van der Waals surface area contributed by atoms with Gasteiger partial charge in [-0.3, -0.25) is 0 Å². The Balaban J connectivity index is 1.68. The molecule has 2 N–H and O–H groups in total. The lowest BCUT2D eigenvalue weighted by Gasteiger charge is -2.25. The number of hydrogen-bond acceptors (Lipinski definition) is 4. The lowest BCUT2D eigenvalue weighted by molar-refractivity contribution is -0.0471.